The standard InChI is InChI=1S/C23H26N4S/c1-5-22(3)16-10-7-8-11-17(16)26-18-14-24-15-25-20(18)27(19-12-9-13-28-19)21(26)23(22,4)6-2/h7-15,21H,5-6H2,1-4H3. The normalized spacial score (nSPS) is 28.1. The first-order valence-electron chi connectivity index (χ1n) is 10.1. The Labute approximate surface area is 170 Å². The van der Waals surface area contributed by atoms with Crippen LogP contribution in [0.1, 0.15) is 46.1 Å². The second-order valence-electron chi connectivity index (χ2n) is 8.27. The molecule has 2 aliphatic heterocycles. The van der Waals surface area contributed by atoms with Gasteiger partial charge < -0.3 is 4.90 Å². The lowest BCUT2D eigenvalue weighted by molar-refractivity contribution is 0.0967. The molecule has 0 saturated carbocycles. The number of aromatic nitrogens is 2. The summed E-state index contributed by atoms with van der Waals surface area (Å²) >= 11 is 1.78. The van der Waals surface area contributed by atoms with Crippen molar-refractivity contribution in [1.82, 2.24) is 9.97 Å². The summed E-state index contributed by atoms with van der Waals surface area (Å²) in [4.78, 5) is 14.1. The third kappa shape index (κ3) is 2.00. The van der Waals surface area contributed by atoms with E-state index in [-0.39, 0.29) is 17.0 Å². The quantitative estimate of drug-likeness (QED) is 0.529. The Morgan fingerprint density at radius 2 is 1.82 bits per heavy atom. The minimum Gasteiger partial charge on any atom is -0.315 e. The fourth-order valence-electron chi connectivity index (χ4n) is 5.41. The molecule has 0 bridgehead atoms. The van der Waals surface area contributed by atoms with E-state index in [4.69, 9.17) is 4.98 Å². The molecule has 3 aromatic rings. The topological polar surface area (TPSA) is 32.3 Å². The largest absolute Gasteiger partial charge is 0.315 e. The Balaban J connectivity index is 1.86. The number of anilines is 4. The van der Waals surface area contributed by atoms with Crippen LogP contribution in [0.4, 0.5) is 22.2 Å². The van der Waals surface area contributed by atoms with Crippen molar-refractivity contribution >= 4 is 33.5 Å². The third-order valence-electron chi connectivity index (χ3n) is 7.42. The molecule has 1 aromatic carbocycles. The first-order valence-corrected chi connectivity index (χ1v) is 11.0. The highest BCUT2D eigenvalue weighted by molar-refractivity contribution is 7.14. The number of nitrogens with zero attached hydrogens (tertiary/aromatic N) is 4. The molecule has 0 saturated heterocycles. The molecule has 3 unspecified atom stereocenters. The molecule has 0 spiro atoms. The zero-order valence-electron chi connectivity index (χ0n) is 16.9. The predicted molar refractivity (Wildman–Crippen MR) is 117 cm³/mol. The van der Waals surface area contributed by atoms with Crippen molar-refractivity contribution in [3.8, 4) is 0 Å². The molecule has 3 atom stereocenters. The number of hydrogen-bond donors (Lipinski definition) is 0. The van der Waals surface area contributed by atoms with Gasteiger partial charge in [-0.2, -0.15) is 0 Å². The van der Waals surface area contributed by atoms with Crippen LogP contribution in [0, 0.1) is 5.41 Å². The number of rotatable bonds is 3. The fraction of sp³-hybridized carbons (Fsp3) is 0.391. The number of hydrogen-bond acceptors (Lipinski definition) is 5. The predicted octanol–water partition coefficient (Wildman–Crippen LogP) is 6.25. The summed E-state index contributed by atoms with van der Waals surface area (Å²) in [5, 5.41) is 3.39. The molecule has 0 aliphatic carbocycles. The van der Waals surface area contributed by atoms with E-state index in [0.29, 0.717) is 0 Å². The molecule has 28 heavy (non-hydrogen) atoms. The average molecular weight is 391 g/mol. The Bertz CT molecular complexity index is 1020. The Morgan fingerprint density at radius 3 is 2.54 bits per heavy atom. The maximum Gasteiger partial charge on any atom is 0.162 e. The lowest BCUT2D eigenvalue weighted by atomic mass is 9.55. The molecule has 5 rings (SSSR count). The van der Waals surface area contributed by atoms with E-state index in [1.54, 1.807) is 17.7 Å². The molecular formula is C23H26N4S. The summed E-state index contributed by atoms with van der Waals surface area (Å²) < 4.78 is 0. The van der Waals surface area contributed by atoms with Crippen molar-refractivity contribution in [2.45, 2.75) is 52.1 Å². The van der Waals surface area contributed by atoms with Crippen molar-refractivity contribution in [3.05, 3.63) is 59.9 Å². The van der Waals surface area contributed by atoms with Crippen LogP contribution >= 0.6 is 11.3 Å². The third-order valence-corrected chi connectivity index (χ3v) is 8.29. The molecule has 0 fully saturated rings. The molecule has 144 valence electrons. The zero-order chi connectivity index (χ0) is 19.5. The molecule has 0 radical (unpaired) electrons. The lowest BCUT2D eigenvalue weighted by Gasteiger charge is -2.58. The minimum absolute atomic E-state index is 0.0286. The van der Waals surface area contributed by atoms with Crippen molar-refractivity contribution in [3.63, 3.8) is 0 Å². The van der Waals surface area contributed by atoms with Crippen LogP contribution in [0.5, 0.6) is 0 Å². The number of thiophene rings is 1. The van der Waals surface area contributed by atoms with Gasteiger partial charge in [-0.15, -0.1) is 11.3 Å². The monoisotopic (exact) mass is 390 g/mol. The van der Waals surface area contributed by atoms with Gasteiger partial charge in [-0.3, -0.25) is 4.90 Å². The van der Waals surface area contributed by atoms with Crippen LogP contribution in [0.15, 0.2) is 54.3 Å². The summed E-state index contributed by atoms with van der Waals surface area (Å²) in [6.45, 7) is 9.58. The van der Waals surface area contributed by atoms with Gasteiger partial charge in [0.15, 0.2) is 5.82 Å². The average Bonchev–Trinajstić information content (AvgIpc) is 3.38. The lowest BCUT2D eigenvalue weighted by Crippen LogP contribution is -2.62. The van der Waals surface area contributed by atoms with Crippen LogP contribution in [-0.4, -0.2) is 16.1 Å². The minimum atomic E-state index is 0.0286. The molecule has 2 aromatic heterocycles. The highest BCUT2D eigenvalue weighted by Crippen LogP contribution is 2.63. The summed E-state index contributed by atoms with van der Waals surface area (Å²) in [5.41, 5.74) is 3.91. The molecular weight excluding hydrogens is 364 g/mol. The Hall–Kier alpha value is -2.40. The van der Waals surface area contributed by atoms with Crippen molar-refractivity contribution < 1.29 is 0 Å². The van der Waals surface area contributed by atoms with Crippen LogP contribution in [0.3, 0.4) is 0 Å². The molecule has 4 nitrogen and oxygen atoms in total. The molecule has 5 heteroatoms. The van der Waals surface area contributed by atoms with E-state index in [9.17, 15) is 0 Å². The number of fused-ring (bicyclic) bond motifs is 5. The molecule has 4 heterocycles. The van der Waals surface area contributed by atoms with Gasteiger partial charge in [0.2, 0.25) is 0 Å². The van der Waals surface area contributed by atoms with E-state index >= 15 is 0 Å². The number of benzene rings is 1. The van der Waals surface area contributed by atoms with E-state index in [1.807, 2.05) is 6.20 Å². The van der Waals surface area contributed by atoms with Crippen molar-refractivity contribution in [2.75, 3.05) is 9.80 Å². The maximum atomic E-state index is 4.75. The first kappa shape index (κ1) is 17.7. The van der Waals surface area contributed by atoms with Crippen LogP contribution < -0.4 is 9.80 Å². The maximum absolute atomic E-state index is 4.75. The van der Waals surface area contributed by atoms with Gasteiger partial charge in [0.25, 0.3) is 0 Å². The second-order valence-corrected chi connectivity index (χ2v) is 9.20. The Kier molecular flexibility index (Phi) is 3.82. The van der Waals surface area contributed by atoms with Crippen LogP contribution in [0.25, 0.3) is 0 Å². The molecule has 0 amide bonds. The van der Waals surface area contributed by atoms with E-state index in [2.05, 4.69) is 84.3 Å². The van der Waals surface area contributed by atoms with Gasteiger partial charge >= 0.3 is 0 Å². The molecule has 0 N–H and O–H groups in total. The van der Waals surface area contributed by atoms with Crippen molar-refractivity contribution in [2.24, 2.45) is 5.41 Å². The highest BCUT2D eigenvalue weighted by atomic mass is 32.1. The van der Waals surface area contributed by atoms with Gasteiger partial charge in [0.1, 0.15) is 18.2 Å². The molecule has 2 aliphatic rings. The first-order chi connectivity index (χ1) is 13.6. The van der Waals surface area contributed by atoms with E-state index < -0.39 is 0 Å². The van der Waals surface area contributed by atoms with Crippen LogP contribution in [0.2, 0.25) is 0 Å². The smallest absolute Gasteiger partial charge is 0.162 e. The summed E-state index contributed by atoms with van der Waals surface area (Å²) in [6, 6.07) is 13.2. The fourth-order valence-corrected chi connectivity index (χ4v) is 6.16. The van der Waals surface area contributed by atoms with E-state index in [1.165, 1.54) is 16.3 Å². The second kappa shape index (κ2) is 6.05. The summed E-state index contributed by atoms with van der Waals surface area (Å²) in [6.07, 6.45) is 5.99. The zero-order valence-corrected chi connectivity index (χ0v) is 17.7. The van der Waals surface area contributed by atoms with E-state index in [0.717, 1.165) is 24.3 Å². The van der Waals surface area contributed by atoms with Gasteiger partial charge in [-0.25, -0.2) is 9.97 Å². The van der Waals surface area contributed by atoms with Crippen molar-refractivity contribution in [1.29, 1.82) is 0 Å². The Morgan fingerprint density at radius 1 is 1.00 bits per heavy atom. The van der Waals surface area contributed by atoms with Gasteiger partial charge in [-0.05, 0) is 42.0 Å². The SMILES string of the molecule is CCC1(C)c2ccccc2N2c3cncnc3N(c3cccs3)C2C1(C)CC. The summed E-state index contributed by atoms with van der Waals surface area (Å²) in [5.74, 6) is 1.01. The van der Waals surface area contributed by atoms with Crippen LogP contribution in [-0.2, 0) is 5.41 Å². The van der Waals surface area contributed by atoms with Gasteiger partial charge in [0.05, 0.1) is 11.2 Å². The summed E-state index contributed by atoms with van der Waals surface area (Å²) in [7, 11) is 0. The van der Waals surface area contributed by atoms with Gasteiger partial charge in [-0.1, -0.05) is 45.9 Å². The van der Waals surface area contributed by atoms with Gasteiger partial charge in [0, 0.05) is 16.5 Å². The highest BCUT2D eigenvalue weighted by Gasteiger charge is 2.60. The number of para-hydroxylation sites is 1.